The van der Waals surface area contributed by atoms with Gasteiger partial charge in [0.05, 0.1) is 20.3 Å². The quantitative estimate of drug-likeness (QED) is 0.559. The highest BCUT2D eigenvalue weighted by atomic mass is 35.5. The fourth-order valence-electron chi connectivity index (χ4n) is 3.85. The second kappa shape index (κ2) is 10.4. The van der Waals surface area contributed by atoms with Gasteiger partial charge in [-0.2, -0.15) is 9.97 Å². The molecule has 0 radical (unpaired) electrons. The predicted molar refractivity (Wildman–Crippen MR) is 121 cm³/mol. The Hall–Kier alpha value is -3.17. The Balaban J connectivity index is 0.00000289. The second-order valence-corrected chi connectivity index (χ2v) is 7.32. The van der Waals surface area contributed by atoms with E-state index in [0.29, 0.717) is 19.0 Å². The maximum atomic E-state index is 13.1. The first-order valence-corrected chi connectivity index (χ1v) is 10.1. The van der Waals surface area contributed by atoms with E-state index < -0.39 is 0 Å². The van der Waals surface area contributed by atoms with Crippen molar-refractivity contribution in [3.63, 3.8) is 0 Å². The van der Waals surface area contributed by atoms with Crippen LogP contribution in [-0.2, 0) is 7.05 Å². The van der Waals surface area contributed by atoms with Gasteiger partial charge < -0.3 is 18.9 Å². The topological polar surface area (TPSA) is 85.6 Å². The normalized spacial score (nSPS) is 15.0. The molecule has 3 aromatic rings. The number of halogens is 1. The number of nitrogens with zero attached hydrogens (tertiary/aromatic N) is 6. The number of ether oxygens (including phenoxy) is 2. The van der Waals surface area contributed by atoms with Gasteiger partial charge in [-0.1, -0.05) is 30.3 Å². The average molecular weight is 459 g/mol. The molecule has 1 fully saturated rings. The minimum absolute atomic E-state index is 0. The van der Waals surface area contributed by atoms with E-state index in [1.165, 1.54) is 25.8 Å². The molecule has 1 saturated heterocycles. The van der Waals surface area contributed by atoms with Crippen molar-refractivity contribution in [1.82, 2.24) is 29.3 Å². The Bertz CT molecular complexity index is 1010. The first-order valence-electron chi connectivity index (χ1n) is 10.1. The highest BCUT2D eigenvalue weighted by molar-refractivity contribution is 5.92. The van der Waals surface area contributed by atoms with E-state index >= 15 is 0 Å². The number of rotatable bonds is 6. The summed E-state index contributed by atoms with van der Waals surface area (Å²) in [5.74, 6) is 1.12. The second-order valence-electron chi connectivity index (χ2n) is 7.32. The van der Waals surface area contributed by atoms with Gasteiger partial charge in [-0.25, -0.2) is 4.98 Å². The number of piperazine rings is 1. The molecule has 10 heteroatoms. The van der Waals surface area contributed by atoms with Crippen LogP contribution >= 0.6 is 12.4 Å². The third kappa shape index (κ3) is 4.84. The maximum Gasteiger partial charge on any atom is 0.320 e. The molecule has 3 heterocycles. The predicted octanol–water partition coefficient (Wildman–Crippen LogP) is 2.20. The summed E-state index contributed by atoms with van der Waals surface area (Å²) in [5.41, 5.74) is 1.45. The van der Waals surface area contributed by atoms with Crippen molar-refractivity contribution in [3.05, 3.63) is 65.9 Å². The molecule has 4 rings (SSSR count). The fourth-order valence-corrected chi connectivity index (χ4v) is 3.85. The van der Waals surface area contributed by atoms with Gasteiger partial charge in [-0.05, 0) is 5.56 Å². The van der Waals surface area contributed by atoms with Crippen molar-refractivity contribution in [2.45, 2.75) is 6.04 Å². The largest absolute Gasteiger partial charge is 0.481 e. The van der Waals surface area contributed by atoms with Gasteiger partial charge >= 0.3 is 6.01 Å². The summed E-state index contributed by atoms with van der Waals surface area (Å²) < 4.78 is 12.3. The lowest BCUT2D eigenvalue weighted by Crippen LogP contribution is -2.50. The summed E-state index contributed by atoms with van der Waals surface area (Å²) in [5, 5.41) is 0. The van der Waals surface area contributed by atoms with E-state index in [-0.39, 0.29) is 36.1 Å². The summed E-state index contributed by atoms with van der Waals surface area (Å²) in [7, 11) is 4.97. The number of benzene rings is 1. The van der Waals surface area contributed by atoms with Gasteiger partial charge in [0, 0.05) is 51.7 Å². The molecule has 1 aliphatic rings. The minimum Gasteiger partial charge on any atom is -0.481 e. The van der Waals surface area contributed by atoms with Crippen LogP contribution in [0.25, 0.3) is 0 Å². The van der Waals surface area contributed by atoms with Crippen molar-refractivity contribution in [3.8, 4) is 11.9 Å². The summed E-state index contributed by atoms with van der Waals surface area (Å²) >= 11 is 0. The molecule has 1 unspecified atom stereocenters. The number of amides is 1. The van der Waals surface area contributed by atoms with Gasteiger partial charge in [0.25, 0.3) is 5.91 Å². The molecule has 2 aromatic heterocycles. The summed E-state index contributed by atoms with van der Waals surface area (Å²) in [6.45, 7) is 2.61. The Morgan fingerprint density at radius 3 is 2.34 bits per heavy atom. The zero-order valence-electron chi connectivity index (χ0n) is 18.3. The van der Waals surface area contributed by atoms with Gasteiger partial charge in [-0.15, -0.1) is 12.4 Å². The van der Waals surface area contributed by atoms with Crippen molar-refractivity contribution < 1.29 is 14.3 Å². The Morgan fingerprint density at radius 2 is 1.75 bits per heavy atom. The maximum absolute atomic E-state index is 13.1. The molecular weight excluding hydrogens is 432 g/mol. The van der Waals surface area contributed by atoms with Crippen LogP contribution in [0.2, 0.25) is 0 Å². The van der Waals surface area contributed by atoms with E-state index in [2.05, 4.69) is 36.6 Å². The molecule has 32 heavy (non-hydrogen) atoms. The zero-order chi connectivity index (χ0) is 21.8. The Morgan fingerprint density at radius 1 is 1.03 bits per heavy atom. The molecule has 0 bridgehead atoms. The van der Waals surface area contributed by atoms with E-state index in [4.69, 9.17) is 9.47 Å². The molecule has 0 N–H and O–H groups in total. The van der Waals surface area contributed by atoms with E-state index in [9.17, 15) is 4.79 Å². The molecule has 1 atom stereocenters. The van der Waals surface area contributed by atoms with Crippen LogP contribution in [0, 0.1) is 0 Å². The van der Waals surface area contributed by atoms with Crippen molar-refractivity contribution in [2.24, 2.45) is 7.05 Å². The van der Waals surface area contributed by atoms with E-state index in [1.807, 2.05) is 37.6 Å². The van der Waals surface area contributed by atoms with Gasteiger partial charge in [0.15, 0.2) is 0 Å². The van der Waals surface area contributed by atoms with Crippen LogP contribution < -0.4 is 9.47 Å². The molecule has 9 nitrogen and oxygen atoms in total. The lowest BCUT2D eigenvalue weighted by Gasteiger charge is -2.39. The molecular formula is C22H27ClN6O3. The molecule has 0 spiro atoms. The number of hydrogen-bond acceptors (Lipinski definition) is 7. The lowest BCUT2D eigenvalue weighted by atomic mass is 10.0. The van der Waals surface area contributed by atoms with Crippen LogP contribution in [0.4, 0.5) is 0 Å². The number of aryl methyl sites for hydroxylation is 1. The number of hydrogen-bond donors (Lipinski definition) is 0. The summed E-state index contributed by atoms with van der Waals surface area (Å²) in [6.07, 6.45) is 3.78. The Labute approximate surface area is 193 Å². The third-order valence-electron chi connectivity index (χ3n) is 5.48. The summed E-state index contributed by atoms with van der Waals surface area (Å²) in [6, 6.07) is 12.0. The zero-order valence-corrected chi connectivity index (χ0v) is 19.2. The average Bonchev–Trinajstić information content (AvgIpc) is 3.24. The number of carbonyl (C=O) groups is 1. The molecule has 0 aliphatic carbocycles. The van der Waals surface area contributed by atoms with Crippen molar-refractivity contribution in [2.75, 3.05) is 40.4 Å². The highest BCUT2D eigenvalue weighted by Crippen LogP contribution is 2.28. The van der Waals surface area contributed by atoms with Gasteiger partial charge in [0.1, 0.15) is 11.5 Å². The number of aromatic nitrogens is 4. The first kappa shape index (κ1) is 23.5. The SMILES string of the molecule is COc1cc(C(=O)N2CCN(C(c3ccccc3)c3nccn3C)CC2)nc(OC)n1.Cl. The monoisotopic (exact) mass is 458 g/mol. The number of carbonyl (C=O) groups excluding carboxylic acids is 1. The fraction of sp³-hybridized carbons (Fsp3) is 0.364. The van der Waals surface area contributed by atoms with Crippen molar-refractivity contribution >= 4 is 18.3 Å². The Kier molecular flexibility index (Phi) is 7.66. The van der Waals surface area contributed by atoms with Crippen LogP contribution in [0.5, 0.6) is 11.9 Å². The summed E-state index contributed by atoms with van der Waals surface area (Å²) in [4.78, 5) is 30.1. The highest BCUT2D eigenvalue weighted by Gasteiger charge is 2.31. The minimum atomic E-state index is -0.160. The smallest absolute Gasteiger partial charge is 0.320 e. The lowest BCUT2D eigenvalue weighted by molar-refractivity contribution is 0.0583. The molecule has 0 saturated carbocycles. The van der Waals surface area contributed by atoms with Crippen LogP contribution in [0.3, 0.4) is 0 Å². The third-order valence-corrected chi connectivity index (χ3v) is 5.48. The van der Waals surface area contributed by atoms with Crippen LogP contribution in [0.1, 0.15) is 27.9 Å². The van der Waals surface area contributed by atoms with E-state index in [0.717, 1.165) is 18.9 Å². The number of methoxy groups -OCH3 is 2. The van der Waals surface area contributed by atoms with Crippen molar-refractivity contribution in [1.29, 1.82) is 0 Å². The van der Waals surface area contributed by atoms with Gasteiger partial charge in [-0.3, -0.25) is 9.69 Å². The molecule has 170 valence electrons. The van der Waals surface area contributed by atoms with E-state index in [1.54, 1.807) is 4.90 Å². The standard InChI is InChI=1S/C22H26N6O3.ClH/c1-26-10-9-23-20(26)19(16-7-5-4-6-8-16)27-11-13-28(14-12-27)21(29)17-15-18(30-2)25-22(24-17)31-3;/h4-10,15,19H,11-14H2,1-3H3;1H. The van der Waals surface area contributed by atoms with Crippen LogP contribution in [-0.4, -0.2) is 75.6 Å². The van der Waals surface area contributed by atoms with Crippen LogP contribution in [0.15, 0.2) is 48.8 Å². The molecule has 1 aromatic carbocycles. The van der Waals surface area contributed by atoms with Gasteiger partial charge in [0.2, 0.25) is 5.88 Å². The number of imidazole rings is 1. The molecule has 1 amide bonds. The first-order chi connectivity index (χ1) is 15.1. The molecule has 1 aliphatic heterocycles.